The molecule has 0 atom stereocenters. The second kappa shape index (κ2) is 7.07. The van der Waals surface area contributed by atoms with Crippen molar-refractivity contribution in [3.8, 4) is 22.7 Å². The second-order valence-corrected chi connectivity index (χ2v) is 7.73. The Morgan fingerprint density at radius 3 is 2.60 bits per heavy atom. The van der Waals surface area contributed by atoms with E-state index in [1.807, 2.05) is 42.5 Å². The van der Waals surface area contributed by atoms with E-state index in [1.54, 1.807) is 19.2 Å². The van der Waals surface area contributed by atoms with Gasteiger partial charge in [0.2, 0.25) is 0 Å². The Morgan fingerprint density at radius 2 is 1.80 bits per heavy atom. The van der Waals surface area contributed by atoms with E-state index >= 15 is 0 Å². The van der Waals surface area contributed by atoms with Gasteiger partial charge in [0.25, 0.3) is 0 Å². The van der Waals surface area contributed by atoms with Crippen LogP contribution in [-0.2, 0) is 17.0 Å². The lowest BCUT2D eigenvalue weighted by Crippen LogP contribution is -2.07. The summed E-state index contributed by atoms with van der Waals surface area (Å²) in [4.78, 5) is 0.961. The highest BCUT2D eigenvalue weighted by atomic mass is 32.2. The number of alkyl halides is 3. The van der Waals surface area contributed by atoms with E-state index in [1.165, 1.54) is 16.7 Å². The molecule has 0 saturated heterocycles. The van der Waals surface area contributed by atoms with Crippen LogP contribution in [0.2, 0.25) is 0 Å². The van der Waals surface area contributed by atoms with Gasteiger partial charge in [-0.1, -0.05) is 18.2 Å². The zero-order valence-corrected chi connectivity index (χ0v) is 16.6. The maximum Gasteiger partial charge on any atom is 0.435 e. The number of benzene rings is 3. The Kier molecular flexibility index (Phi) is 4.48. The second-order valence-electron chi connectivity index (χ2n) is 6.89. The van der Waals surface area contributed by atoms with Crippen molar-refractivity contribution < 1.29 is 22.1 Å². The Hall–Kier alpha value is -2.97. The first-order chi connectivity index (χ1) is 14.4. The molecule has 0 radical (unpaired) electrons. The number of halogens is 3. The number of fused-ring (bicyclic) bond motifs is 2. The molecular formula is C22H15F3N2O2S. The Morgan fingerprint density at radius 1 is 1.00 bits per heavy atom. The van der Waals surface area contributed by atoms with E-state index in [9.17, 15) is 13.2 Å². The largest absolute Gasteiger partial charge is 0.497 e. The summed E-state index contributed by atoms with van der Waals surface area (Å²) in [6.45, 7) is 0.411. The van der Waals surface area contributed by atoms with E-state index in [0.29, 0.717) is 23.6 Å². The fourth-order valence-electron chi connectivity index (χ4n) is 3.48. The van der Waals surface area contributed by atoms with Crippen molar-refractivity contribution in [1.29, 1.82) is 0 Å². The van der Waals surface area contributed by atoms with E-state index in [-0.39, 0.29) is 0 Å². The van der Waals surface area contributed by atoms with Crippen LogP contribution >= 0.6 is 12.0 Å². The highest BCUT2D eigenvalue weighted by molar-refractivity contribution is 7.95. The van der Waals surface area contributed by atoms with Gasteiger partial charge in [0.1, 0.15) is 5.75 Å². The zero-order chi connectivity index (χ0) is 20.9. The molecule has 4 aromatic rings. The van der Waals surface area contributed by atoms with Gasteiger partial charge in [0.15, 0.2) is 5.69 Å². The first-order valence-electron chi connectivity index (χ1n) is 9.10. The third-order valence-electron chi connectivity index (χ3n) is 4.99. The van der Waals surface area contributed by atoms with Crippen LogP contribution in [0.4, 0.5) is 13.2 Å². The average molecular weight is 428 g/mol. The summed E-state index contributed by atoms with van der Waals surface area (Å²) >= 11 is 1.27. The molecule has 30 heavy (non-hydrogen) atoms. The van der Waals surface area contributed by atoms with Gasteiger partial charge in [-0.15, -0.1) is 0 Å². The van der Waals surface area contributed by atoms with Crippen LogP contribution in [-0.4, -0.2) is 16.9 Å². The molecule has 0 N–H and O–H groups in total. The molecule has 4 nitrogen and oxygen atoms in total. The molecule has 0 spiro atoms. The van der Waals surface area contributed by atoms with Crippen molar-refractivity contribution in [1.82, 2.24) is 9.78 Å². The lowest BCUT2D eigenvalue weighted by molar-refractivity contribution is -0.141. The first kappa shape index (κ1) is 19.0. The van der Waals surface area contributed by atoms with E-state index < -0.39 is 11.9 Å². The number of hydrogen-bond donors (Lipinski definition) is 0. The zero-order valence-electron chi connectivity index (χ0n) is 15.7. The van der Waals surface area contributed by atoms with E-state index in [2.05, 4.69) is 5.10 Å². The van der Waals surface area contributed by atoms with Crippen LogP contribution in [0, 0.1) is 0 Å². The van der Waals surface area contributed by atoms with Crippen LogP contribution in [0.5, 0.6) is 5.75 Å². The van der Waals surface area contributed by atoms with Gasteiger partial charge in [-0.2, -0.15) is 18.3 Å². The average Bonchev–Trinajstić information content (AvgIpc) is 3.39. The van der Waals surface area contributed by atoms with E-state index in [0.717, 1.165) is 33.0 Å². The van der Waals surface area contributed by atoms with Gasteiger partial charge >= 0.3 is 6.18 Å². The van der Waals surface area contributed by atoms with Crippen LogP contribution in [0.1, 0.15) is 11.3 Å². The number of rotatable bonds is 3. The van der Waals surface area contributed by atoms with Crippen molar-refractivity contribution in [3.63, 3.8) is 0 Å². The lowest BCUT2D eigenvalue weighted by Gasteiger charge is -2.10. The SMILES string of the molecule is COc1ccc2cc(-c3cc(C(F)(F)F)nn3-c3ccc4c(c3)COS4)ccc2c1. The highest BCUT2D eigenvalue weighted by Gasteiger charge is 2.35. The van der Waals surface area contributed by atoms with Crippen molar-refractivity contribution >= 4 is 22.8 Å². The molecule has 0 fully saturated rings. The maximum absolute atomic E-state index is 13.5. The number of methoxy groups -OCH3 is 1. The third kappa shape index (κ3) is 3.32. The summed E-state index contributed by atoms with van der Waals surface area (Å²) < 4.78 is 52.3. The molecule has 3 aromatic carbocycles. The fraction of sp³-hybridized carbons (Fsp3) is 0.136. The minimum atomic E-state index is -4.54. The van der Waals surface area contributed by atoms with Gasteiger partial charge in [0, 0.05) is 22.5 Å². The molecular weight excluding hydrogens is 413 g/mol. The summed E-state index contributed by atoms with van der Waals surface area (Å²) in [7, 11) is 1.59. The number of nitrogens with zero attached hydrogens (tertiary/aromatic N) is 2. The van der Waals surface area contributed by atoms with Crippen molar-refractivity contribution in [3.05, 3.63) is 71.9 Å². The Bertz CT molecular complexity index is 1270. The maximum atomic E-state index is 13.5. The molecule has 152 valence electrons. The molecule has 5 rings (SSSR count). The molecule has 0 unspecified atom stereocenters. The van der Waals surface area contributed by atoms with Crippen LogP contribution in [0.15, 0.2) is 65.6 Å². The smallest absolute Gasteiger partial charge is 0.435 e. The fourth-order valence-corrected chi connectivity index (χ4v) is 4.14. The third-order valence-corrected chi connectivity index (χ3v) is 5.81. The van der Waals surface area contributed by atoms with Gasteiger partial charge in [-0.3, -0.25) is 0 Å². The molecule has 0 saturated carbocycles. The van der Waals surface area contributed by atoms with Gasteiger partial charge in [0.05, 0.1) is 25.1 Å². The molecule has 1 aliphatic rings. The standard InChI is InChI=1S/C22H15F3N2O2S/c1-28-18-6-4-13-8-15(3-2-14(13)10-18)19-11-21(22(23,24)25)26-27(19)17-5-7-20-16(9-17)12-29-30-20/h2-11H,12H2,1H3. The van der Waals surface area contributed by atoms with Gasteiger partial charge in [-0.25, -0.2) is 4.68 Å². The summed E-state index contributed by atoms with van der Waals surface area (Å²) in [6.07, 6.45) is -4.54. The van der Waals surface area contributed by atoms with Crippen LogP contribution in [0.3, 0.4) is 0 Å². The summed E-state index contributed by atoms with van der Waals surface area (Å²) in [6, 6.07) is 17.6. The van der Waals surface area contributed by atoms with Crippen LogP contribution in [0.25, 0.3) is 27.7 Å². The summed E-state index contributed by atoms with van der Waals surface area (Å²) in [5.74, 6) is 0.720. The molecule has 1 aliphatic heterocycles. The minimum absolute atomic E-state index is 0.367. The molecule has 0 aliphatic carbocycles. The predicted molar refractivity (Wildman–Crippen MR) is 109 cm³/mol. The number of ether oxygens (including phenoxy) is 1. The Labute approximate surface area is 174 Å². The quantitative estimate of drug-likeness (QED) is 0.361. The molecule has 2 heterocycles. The Balaban J connectivity index is 1.67. The van der Waals surface area contributed by atoms with Crippen molar-refractivity contribution in [2.24, 2.45) is 0 Å². The normalized spacial score (nSPS) is 13.6. The summed E-state index contributed by atoms with van der Waals surface area (Å²) in [5, 5.41) is 5.72. The first-order valence-corrected chi connectivity index (χ1v) is 9.85. The number of hydrogen-bond acceptors (Lipinski definition) is 4. The number of aromatic nitrogens is 2. The lowest BCUT2D eigenvalue weighted by atomic mass is 10.0. The topological polar surface area (TPSA) is 36.3 Å². The summed E-state index contributed by atoms with van der Waals surface area (Å²) in [5.41, 5.74) is 1.56. The highest BCUT2D eigenvalue weighted by Crippen LogP contribution is 2.37. The van der Waals surface area contributed by atoms with Crippen molar-refractivity contribution in [2.75, 3.05) is 7.11 Å². The molecule has 0 amide bonds. The minimum Gasteiger partial charge on any atom is -0.497 e. The van der Waals surface area contributed by atoms with Gasteiger partial charge < -0.3 is 8.92 Å². The predicted octanol–water partition coefficient (Wildman–Crippen LogP) is 6.26. The molecule has 0 bridgehead atoms. The molecule has 1 aromatic heterocycles. The van der Waals surface area contributed by atoms with E-state index in [4.69, 9.17) is 8.92 Å². The van der Waals surface area contributed by atoms with Crippen molar-refractivity contribution in [2.45, 2.75) is 17.7 Å². The monoisotopic (exact) mass is 428 g/mol. The van der Waals surface area contributed by atoms with Crippen LogP contribution < -0.4 is 4.74 Å². The van der Waals surface area contributed by atoms with Gasteiger partial charge in [-0.05, 0) is 58.8 Å². The molecule has 8 heteroatoms.